The Morgan fingerprint density at radius 3 is 2.39 bits per heavy atom. The number of fused-ring (bicyclic) bond motifs is 1. The molecule has 7 rings (SSSR count). The number of nitrogens with zero attached hydrogens (tertiary/aromatic N) is 5. The van der Waals surface area contributed by atoms with Gasteiger partial charge in [0.1, 0.15) is 5.75 Å². The Bertz CT molecular complexity index is 2410. The number of ether oxygens (including phenoxy) is 3. The number of carbonyl (C=O) groups is 1. The quantitative estimate of drug-likeness (QED) is 0.210. The zero-order valence-electron chi connectivity index (χ0n) is 28.2. The van der Waals surface area contributed by atoms with Crippen molar-refractivity contribution in [1.29, 1.82) is 0 Å². The van der Waals surface area contributed by atoms with Gasteiger partial charge >= 0.3 is 5.97 Å². The molecule has 2 aliphatic rings. The first kappa shape index (κ1) is 34.3. The molecule has 1 fully saturated rings. The van der Waals surface area contributed by atoms with Crippen LogP contribution in [-0.2, 0) is 24.3 Å². The summed E-state index contributed by atoms with van der Waals surface area (Å²) in [6.07, 6.45) is 3.59. The van der Waals surface area contributed by atoms with E-state index >= 15 is 0 Å². The maximum absolute atomic E-state index is 14.4. The van der Waals surface area contributed by atoms with Crippen LogP contribution < -0.4 is 19.6 Å². The average molecular weight is 726 g/mol. The molecule has 0 saturated carbocycles. The van der Waals surface area contributed by atoms with Gasteiger partial charge in [-0.25, -0.2) is 22.9 Å². The van der Waals surface area contributed by atoms with Gasteiger partial charge in [0.25, 0.3) is 5.56 Å². The molecule has 2 aromatic heterocycles. The summed E-state index contributed by atoms with van der Waals surface area (Å²) >= 11 is 1.21. The van der Waals surface area contributed by atoms with E-state index in [-0.39, 0.29) is 22.6 Å². The lowest BCUT2D eigenvalue weighted by molar-refractivity contribution is -0.139. The highest BCUT2D eigenvalue weighted by molar-refractivity contribution is 7.89. The minimum Gasteiger partial charge on any atom is -0.497 e. The molecule has 12 nitrogen and oxygen atoms in total. The zero-order valence-corrected chi connectivity index (χ0v) is 29.8. The molecule has 1 atom stereocenters. The van der Waals surface area contributed by atoms with Crippen molar-refractivity contribution in [3.05, 3.63) is 127 Å². The molecule has 262 valence electrons. The monoisotopic (exact) mass is 725 g/mol. The van der Waals surface area contributed by atoms with Gasteiger partial charge in [0.15, 0.2) is 4.80 Å². The van der Waals surface area contributed by atoms with Crippen LogP contribution in [0, 0.1) is 0 Å². The van der Waals surface area contributed by atoms with E-state index in [4.69, 9.17) is 24.3 Å². The number of methoxy groups -OCH3 is 1. The highest BCUT2D eigenvalue weighted by Gasteiger charge is 2.33. The van der Waals surface area contributed by atoms with Gasteiger partial charge < -0.3 is 14.2 Å². The molecule has 1 unspecified atom stereocenters. The number of sulfonamides is 1. The van der Waals surface area contributed by atoms with Crippen LogP contribution >= 0.6 is 11.3 Å². The van der Waals surface area contributed by atoms with Crippen LogP contribution in [0.3, 0.4) is 0 Å². The van der Waals surface area contributed by atoms with Gasteiger partial charge in [-0.1, -0.05) is 53.8 Å². The van der Waals surface area contributed by atoms with Crippen LogP contribution in [-0.4, -0.2) is 73.1 Å². The fraction of sp³-hybridized carbons (Fsp3) is 0.243. The Labute approximate surface area is 298 Å². The van der Waals surface area contributed by atoms with Crippen LogP contribution in [0.2, 0.25) is 0 Å². The van der Waals surface area contributed by atoms with Gasteiger partial charge in [0.2, 0.25) is 10.0 Å². The molecule has 5 aromatic rings. The average Bonchev–Trinajstić information content (AvgIpc) is 3.72. The van der Waals surface area contributed by atoms with Gasteiger partial charge in [-0.2, -0.15) is 9.40 Å². The van der Waals surface area contributed by atoms with Crippen molar-refractivity contribution in [2.75, 3.05) is 40.0 Å². The van der Waals surface area contributed by atoms with Crippen LogP contribution in [0.5, 0.6) is 5.75 Å². The fourth-order valence-electron chi connectivity index (χ4n) is 6.19. The van der Waals surface area contributed by atoms with E-state index in [1.165, 1.54) is 20.2 Å². The largest absolute Gasteiger partial charge is 0.497 e. The molecule has 0 bridgehead atoms. The predicted octanol–water partition coefficient (Wildman–Crippen LogP) is 3.68. The number of esters is 1. The molecule has 0 amide bonds. The summed E-state index contributed by atoms with van der Waals surface area (Å²) in [6, 6.07) is 22.6. The maximum Gasteiger partial charge on any atom is 0.338 e. The lowest BCUT2D eigenvalue weighted by Crippen LogP contribution is -2.40. The third-order valence-corrected chi connectivity index (χ3v) is 11.6. The summed E-state index contributed by atoms with van der Waals surface area (Å²) in [6.45, 7) is 4.95. The van der Waals surface area contributed by atoms with Gasteiger partial charge in [-0.05, 0) is 61.9 Å². The Balaban J connectivity index is 1.36. The number of benzene rings is 3. The minimum absolute atomic E-state index is 0.170. The van der Waals surface area contributed by atoms with Crippen molar-refractivity contribution in [2.45, 2.75) is 24.8 Å². The van der Waals surface area contributed by atoms with Crippen LogP contribution in [0.4, 0.5) is 0 Å². The Kier molecular flexibility index (Phi) is 9.57. The SMILES string of the molecule is CCOC(=O)C1=C(C)N=c2s/c(=C\c3cn(-c4ccccc4)nc3-c3ccc(S(=O)(=O)N4CCOCC4)cc3)c(=O)n2C1c1ccc(OC)cc1. The van der Waals surface area contributed by atoms with Gasteiger partial charge in [-0.3, -0.25) is 9.36 Å². The number of rotatable bonds is 9. The fourth-order valence-corrected chi connectivity index (χ4v) is 8.63. The molecule has 51 heavy (non-hydrogen) atoms. The Morgan fingerprint density at radius 2 is 1.73 bits per heavy atom. The van der Waals surface area contributed by atoms with E-state index < -0.39 is 22.0 Å². The molecular weight excluding hydrogens is 691 g/mol. The first-order valence-corrected chi connectivity index (χ1v) is 18.6. The number of hydrogen-bond acceptors (Lipinski definition) is 10. The van der Waals surface area contributed by atoms with Crippen molar-refractivity contribution < 1.29 is 27.4 Å². The Hall–Kier alpha value is -5.15. The molecule has 3 aromatic carbocycles. The zero-order chi connectivity index (χ0) is 35.7. The van der Waals surface area contributed by atoms with Gasteiger partial charge in [-0.15, -0.1) is 0 Å². The molecule has 4 heterocycles. The number of aromatic nitrogens is 3. The van der Waals surface area contributed by atoms with Crippen LogP contribution in [0.1, 0.15) is 31.0 Å². The minimum atomic E-state index is -3.69. The highest BCUT2D eigenvalue weighted by atomic mass is 32.2. The number of para-hydroxylation sites is 1. The highest BCUT2D eigenvalue weighted by Crippen LogP contribution is 2.32. The summed E-state index contributed by atoms with van der Waals surface area (Å²) in [4.78, 5) is 33.0. The second kappa shape index (κ2) is 14.2. The van der Waals surface area contributed by atoms with Crippen molar-refractivity contribution in [3.63, 3.8) is 0 Å². The second-order valence-electron chi connectivity index (χ2n) is 11.8. The van der Waals surface area contributed by atoms with E-state index in [2.05, 4.69) is 0 Å². The number of carbonyl (C=O) groups excluding carboxylic acids is 1. The Morgan fingerprint density at radius 1 is 1.02 bits per heavy atom. The summed E-state index contributed by atoms with van der Waals surface area (Å²) in [5.41, 5.74) is 3.77. The first-order valence-electron chi connectivity index (χ1n) is 16.4. The lowest BCUT2D eigenvalue weighted by Gasteiger charge is -2.26. The second-order valence-corrected chi connectivity index (χ2v) is 14.8. The van der Waals surface area contributed by atoms with Crippen LogP contribution in [0.15, 0.2) is 111 Å². The topological polar surface area (TPSA) is 134 Å². The molecule has 2 aliphatic heterocycles. The normalized spacial score (nSPS) is 16.8. The standard InChI is InChI=1S/C37H35N5O7S2/c1-4-49-36(44)32-24(2)38-37-42(34(32)26-10-14-29(47-3)15-11-26)35(43)31(50-37)22-27-23-41(28-8-6-5-7-9-28)39-33(27)25-12-16-30(17-13-25)51(45,46)40-18-20-48-21-19-40/h5-17,22-23,34H,4,18-21H2,1-3H3/b31-22-. The smallest absolute Gasteiger partial charge is 0.338 e. The van der Waals surface area contributed by atoms with Crippen LogP contribution in [0.25, 0.3) is 23.0 Å². The van der Waals surface area contributed by atoms with E-state index in [9.17, 15) is 18.0 Å². The molecule has 1 saturated heterocycles. The van der Waals surface area contributed by atoms with E-state index in [0.29, 0.717) is 69.5 Å². The third kappa shape index (κ3) is 6.58. The third-order valence-electron chi connectivity index (χ3n) is 8.73. The summed E-state index contributed by atoms with van der Waals surface area (Å²) in [5.74, 6) is 0.0959. The number of thiazole rings is 1. The van der Waals surface area contributed by atoms with E-state index in [1.807, 2.05) is 48.7 Å². The first-order chi connectivity index (χ1) is 24.7. The summed E-state index contributed by atoms with van der Waals surface area (Å²) in [5, 5.41) is 4.89. The number of allylic oxidation sites excluding steroid dienone is 1. The van der Waals surface area contributed by atoms with E-state index in [1.54, 1.807) is 68.1 Å². The predicted molar refractivity (Wildman–Crippen MR) is 192 cm³/mol. The molecule has 14 heteroatoms. The van der Waals surface area contributed by atoms with Crippen molar-refractivity contribution in [2.24, 2.45) is 4.99 Å². The summed E-state index contributed by atoms with van der Waals surface area (Å²) < 4.78 is 47.8. The van der Waals surface area contributed by atoms with Gasteiger partial charge in [0, 0.05) is 30.4 Å². The molecule has 0 N–H and O–H groups in total. The molecule has 0 radical (unpaired) electrons. The number of hydrogen-bond donors (Lipinski definition) is 0. The summed E-state index contributed by atoms with van der Waals surface area (Å²) in [7, 11) is -2.12. The number of morpholine rings is 1. The van der Waals surface area contributed by atoms with Crippen molar-refractivity contribution in [3.8, 4) is 22.7 Å². The lowest BCUT2D eigenvalue weighted by atomic mass is 9.96. The van der Waals surface area contributed by atoms with Gasteiger partial charge in [0.05, 0.1) is 65.1 Å². The molecule has 0 spiro atoms. The van der Waals surface area contributed by atoms with Crippen molar-refractivity contribution in [1.82, 2.24) is 18.7 Å². The molecular formula is C37H35N5O7S2. The van der Waals surface area contributed by atoms with E-state index in [0.717, 1.165) is 5.69 Å². The van der Waals surface area contributed by atoms with Crippen molar-refractivity contribution >= 4 is 33.4 Å². The maximum atomic E-state index is 14.4. The molecule has 0 aliphatic carbocycles.